The van der Waals surface area contributed by atoms with Crippen molar-refractivity contribution in [3.05, 3.63) is 54.1 Å². The van der Waals surface area contributed by atoms with E-state index in [1.54, 1.807) is 4.90 Å². The summed E-state index contributed by atoms with van der Waals surface area (Å²) in [6.07, 6.45) is 5.19. The molecular weight excluding hydrogens is 332 g/mol. The van der Waals surface area contributed by atoms with Crippen molar-refractivity contribution in [1.82, 2.24) is 20.0 Å². The van der Waals surface area contributed by atoms with E-state index in [0.717, 1.165) is 37.0 Å². The maximum absolute atomic E-state index is 13.0. The third kappa shape index (κ3) is 2.60. The van der Waals surface area contributed by atoms with Gasteiger partial charge < -0.3 is 13.8 Å². The van der Waals surface area contributed by atoms with E-state index >= 15 is 0 Å². The Hall–Kier alpha value is -2.96. The Morgan fingerprint density at radius 1 is 1.15 bits per heavy atom. The number of aromatic nitrogens is 3. The van der Waals surface area contributed by atoms with E-state index in [4.69, 9.17) is 8.94 Å². The molecule has 26 heavy (non-hydrogen) atoms. The van der Waals surface area contributed by atoms with Gasteiger partial charge in [0.25, 0.3) is 5.91 Å². The summed E-state index contributed by atoms with van der Waals surface area (Å²) in [6.45, 7) is 0.656. The van der Waals surface area contributed by atoms with Gasteiger partial charge in [0.2, 0.25) is 11.7 Å². The summed E-state index contributed by atoms with van der Waals surface area (Å²) in [6, 6.07) is 9.46. The molecule has 1 aliphatic carbocycles. The molecule has 0 spiro atoms. The van der Waals surface area contributed by atoms with Gasteiger partial charge in [-0.1, -0.05) is 35.5 Å². The monoisotopic (exact) mass is 350 g/mol. The maximum Gasteiger partial charge on any atom is 0.276 e. The van der Waals surface area contributed by atoms with Gasteiger partial charge in [-0.3, -0.25) is 4.79 Å². The van der Waals surface area contributed by atoms with Crippen molar-refractivity contribution in [2.75, 3.05) is 6.54 Å². The fraction of sp³-hybridized carbons (Fsp3) is 0.368. The molecule has 0 N–H and O–H groups in total. The second-order valence-corrected chi connectivity index (χ2v) is 6.82. The maximum atomic E-state index is 13.0. The molecule has 3 heterocycles. The Labute approximate surface area is 150 Å². The highest BCUT2D eigenvalue weighted by atomic mass is 16.5. The van der Waals surface area contributed by atoms with Crippen molar-refractivity contribution in [2.45, 2.75) is 37.6 Å². The first-order chi connectivity index (χ1) is 12.8. The first-order valence-electron chi connectivity index (χ1n) is 8.94. The fourth-order valence-electron chi connectivity index (χ4n) is 3.53. The SMILES string of the molecule is O=C(c1ncoc1C1CC1)N1CCC[C@H]1c1nc(-c2ccccc2)no1. The molecule has 3 aromatic rings. The summed E-state index contributed by atoms with van der Waals surface area (Å²) in [7, 11) is 0. The molecular formula is C19H18N4O3. The highest BCUT2D eigenvalue weighted by Gasteiger charge is 2.39. The van der Waals surface area contributed by atoms with E-state index in [1.165, 1.54) is 6.39 Å². The standard InChI is InChI=1S/C19H18N4O3/c24-19(15-16(12-8-9-12)25-11-20-15)23-10-4-7-14(23)18-21-17(22-26-18)13-5-2-1-3-6-13/h1-3,5-6,11-12,14H,4,7-10H2/t14-/m0/s1. The average molecular weight is 350 g/mol. The van der Waals surface area contributed by atoms with Crippen molar-refractivity contribution >= 4 is 5.91 Å². The van der Waals surface area contributed by atoms with E-state index in [9.17, 15) is 4.79 Å². The minimum absolute atomic E-state index is 0.109. The van der Waals surface area contributed by atoms with Crippen LogP contribution in [0.3, 0.4) is 0 Å². The van der Waals surface area contributed by atoms with Gasteiger partial charge in [0, 0.05) is 18.0 Å². The lowest BCUT2D eigenvalue weighted by atomic mass is 10.2. The number of carbonyl (C=O) groups excluding carboxylic acids is 1. The zero-order valence-corrected chi connectivity index (χ0v) is 14.2. The quantitative estimate of drug-likeness (QED) is 0.715. The number of benzene rings is 1. The lowest BCUT2D eigenvalue weighted by molar-refractivity contribution is 0.0702. The molecule has 2 fully saturated rings. The molecule has 0 unspecified atom stereocenters. The van der Waals surface area contributed by atoms with Gasteiger partial charge in [0.1, 0.15) is 11.8 Å². The van der Waals surface area contributed by atoms with E-state index < -0.39 is 0 Å². The van der Waals surface area contributed by atoms with Crippen LogP contribution < -0.4 is 0 Å². The normalized spacial score (nSPS) is 19.8. The lowest BCUT2D eigenvalue weighted by Crippen LogP contribution is -2.31. The number of oxazole rings is 1. The predicted octanol–water partition coefficient (Wildman–Crippen LogP) is 3.58. The summed E-state index contributed by atoms with van der Waals surface area (Å²) >= 11 is 0. The predicted molar refractivity (Wildman–Crippen MR) is 91.2 cm³/mol. The van der Waals surface area contributed by atoms with E-state index in [1.807, 2.05) is 30.3 Å². The van der Waals surface area contributed by atoms with Crippen LogP contribution in [-0.4, -0.2) is 32.5 Å². The largest absolute Gasteiger partial charge is 0.447 e. The first kappa shape index (κ1) is 15.3. The highest BCUT2D eigenvalue weighted by Crippen LogP contribution is 2.42. The van der Waals surface area contributed by atoms with Crippen LogP contribution >= 0.6 is 0 Å². The minimum Gasteiger partial charge on any atom is -0.447 e. The summed E-state index contributed by atoms with van der Waals surface area (Å²) in [4.78, 5) is 23.5. The molecule has 7 heteroatoms. The van der Waals surface area contributed by atoms with E-state index in [-0.39, 0.29) is 11.9 Å². The summed E-state index contributed by atoms with van der Waals surface area (Å²) < 4.78 is 11.0. The average Bonchev–Trinajstić information content (AvgIpc) is 3.12. The summed E-state index contributed by atoms with van der Waals surface area (Å²) in [5, 5.41) is 4.09. The van der Waals surface area contributed by atoms with E-state index in [2.05, 4.69) is 15.1 Å². The van der Waals surface area contributed by atoms with Gasteiger partial charge in [-0.2, -0.15) is 4.98 Å². The smallest absolute Gasteiger partial charge is 0.276 e. The fourth-order valence-corrected chi connectivity index (χ4v) is 3.53. The molecule has 5 rings (SSSR count). The van der Waals surface area contributed by atoms with Crippen LogP contribution in [0, 0.1) is 0 Å². The molecule has 1 aliphatic heterocycles. The third-order valence-electron chi connectivity index (χ3n) is 5.02. The molecule has 1 saturated heterocycles. The van der Waals surface area contributed by atoms with Crippen LogP contribution in [0.15, 0.2) is 45.7 Å². The van der Waals surface area contributed by atoms with Crippen LogP contribution in [0.2, 0.25) is 0 Å². The second kappa shape index (κ2) is 6.09. The van der Waals surface area contributed by atoms with Gasteiger partial charge in [-0.25, -0.2) is 4.98 Å². The van der Waals surface area contributed by atoms with Gasteiger partial charge in [0.05, 0.1) is 0 Å². The van der Waals surface area contributed by atoms with Crippen molar-refractivity contribution in [3.63, 3.8) is 0 Å². The molecule has 1 atom stereocenters. The van der Waals surface area contributed by atoms with Crippen molar-refractivity contribution in [3.8, 4) is 11.4 Å². The topological polar surface area (TPSA) is 85.3 Å². The van der Waals surface area contributed by atoms with Crippen molar-refractivity contribution in [2.24, 2.45) is 0 Å². The van der Waals surface area contributed by atoms with Crippen LogP contribution in [0.1, 0.15) is 59.8 Å². The number of rotatable bonds is 4. The Kier molecular flexibility index (Phi) is 3.58. The molecule has 0 bridgehead atoms. The lowest BCUT2D eigenvalue weighted by Gasteiger charge is -2.21. The number of hydrogen-bond donors (Lipinski definition) is 0. The molecule has 2 aliphatic rings. The molecule has 1 amide bonds. The summed E-state index contributed by atoms with van der Waals surface area (Å²) in [5.74, 6) is 1.97. The highest BCUT2D eigenvalue weighted by molar-refractivity contribution is 5.94. The van der Waals surface area contributed by atoms with Gasteiger partial charge in [-0.05, 0) is 25.7 Å². The molecule has 132 valence electrons. The summed E-state index contributed by atoms with van der Waals surface area (Å²) in [5.41, 5.74) is 1.33. The molecule has 7 nitrogen and oxygen atoms in total. The Balaban J connectivity index is 1.41. The molecule has 2 aromatic heterocycles. The zero-order valence-electron chi connectivity index (χ0n) is 14.2. The number of hydrogen-bond acceptors (Lipinski definition) is 6. The Morgan fingerprint density at radius 2 is 2.00 bits per heavy atom. The van der Waals surface area contributed by atoms with Crippen LogP contribution in [0.4, 0.5) is 0 Å². The number of nitrogens with zero attached hydrogens (tertiary/aromatic N) is 4. The Morgan fingerprint density at radius 3 is 2.81 bits per heavy atom. The van der Waals surface area contributed by atoms with Crippen LogP contribution in [0.25, 0.3) is 11.4 Å². The first-order valence-corrected chi connectivity index (χ1v) is 8.94. The van der Waals surface area contributed by atoms with Crippen LogP contribution in [0.5, 0.6) is 0 Å². The third-order valence-corrected chi connectivity index (χ3v) is 5.02. The Bertz CT molecular complexity index is 929. The van der Waals surface area contributed by atoms with Crippen molar-refractivity contribution in [1.29, 1.82) is 0 Å². The van der Waals surface area contributed by atoms with Crippen molar-refractivity contribution < 1.29 is 13.7 Å². The minimum atomic E-state index is -0.212. The van der Waals surface area contributed by atoms with Gasteiger partial charge in [-0.15, -0.1) is 0 Å². The van der Waals surface area contributed by atoms with Crippen LogP contribution in [-0.2, 0) is 0 Å². The number of likely N-dealkylation sites (tertiary alicyclic amines) is 1. The molecule has 0 radical (unpaired) electrons. The van der Waals surface area contributed by atoms with E-state index in [0.29, 0.717) is 29.9 Å². The zero-order chi connectivity index (χ0) is 17.5. The molecule has 1 saturated carbocycles. The van der Waals surface area contributed by atoms with Gasteiger partial charge in [0.15, 0.2) is 12.1 Å². The second-order valence-electron chi connectivity index (χ2n) is 6.82. The molecule has 1 aromatic carbocycles. The van der Waals surface area contributed by atoms with Gasteiger partial charge >= 0.3 is 0 Å². The number of carbonyl (C=O) groups is 1. The number of amides is 1.